The molecule has 0 atom stereocenters. The Morgan fingerprint density at radius 1 is 1.15 bits per heavy atom. The monoisotopic (exact) mass is 396 g/mol. The number of thiocarbonyl (C=S) groups is 1. The quantitative estimate of drug-likeness (QED) is 0.357. The highest BCUT2D eigenvalue weighted by atomic mass is 35.5. The lowest BCUT2D eigenvalue weighted by Crippen LogP contribution is -2.24. The molecular formula is C21H21ClN4S. The molecule has 0 amide bonds. The van der Waals surface area contributed by atoms with Crippen LogP contribution >= 0.6 is 23.8 Å². The van der Waals surface area contributed by atoms with E-state index in [1.807, 2.05) is 56.4 Å². The summed E-state index contributed by atoms with van der Waals surface area (Å²) >= 11 is 11.6. The SMILES string of the molecule is Cc1ccc(C)c(NC(=S)N/N=C/c2cccn2Cc2ccccc2Cl)c1. The van der Waals surface area contributed by atoms with E-state index in [0.717, 1.165) is 27.5 Å². The molecule has 0 saturated carbocycles. The van der Waals surface area contributed by atoms with Gasteiger partial charge in [0.25, 0.3) is 0 Å². The van der Waals surface area contributed by atoms with Gasteiger partial charge in [-0.3, -0.25) is 5.43 Å². The number of aryl methyl sites for hydroxylation is 2. The second-order valence-electron chi connectivity index (χ2n) is 6.29. The third kappa shape index (κ3) is 5.18. The van der Waals surface area contributed by atoms with Crippen molar-refractivity contribution in [1.82, 2.24) is 9.99 Å². The summed E-state index contributed by atoms with van der Waals surface area (Å²) in [6.45, 7) is 4.76. The van der Waals surface area contributed by atoms with E-state index in [9.17, 15) is 0 Å². The zero-order chi connectivity index (χ0) is 19.2. The Bertz CT molecular complexity index is 978. The molecule has 0 saturated heterocycles. The minimum absolute atomic E-state index is 0.448. The summed E-state index contributed by atoms with van der Waals surface area (Å²) in [5, 5.41) is 8.63. The first-order valence-corrected chi connectivity index (χ1v) is 9.37. The number of benzene rings is 2. The number of aromatic nitrogens is 1. The standard InChI is InChI=1S/C21H21ClN4S/c1-15-9-10-16(2)20(12-15)24-21(27)25-23-13-18-7-5-11-26(18)14-17-6-3-4-8-19(17)22/h3-13H,14H2,1-2H3,(H2,24,25,27)/b23-13+. The number of hydrogen-bond acceptors (Lipinski definition) is 2. The van der Waals surface area contributed by atoms with E-state index in [0.29, 0.717) is 11.7 Å². The zero-order valence-corrected chi connectivity index (χ0v) is 16.8. The van der Waals surface area contributed by atoms with Crippen LogP contribution in [0.1, 0.15) is 22.4 Å². The Hall–Kier alpha value is -2.63. The molecule has 0 fully saturated rings. The second-order valence-corrected chi connectivity index (χ2v) is 7.11. The van der Waals surface area contributed by atoms with Gasteiger partial charge in [-0.05, 0) is 67.0 Å². The van der Waals surface area contributed by atoms with Crippen LogP contribution in [0.2, 0.25) is 5.02 Å². The van der Waals surface area contributed by atoms with Crippen LogP contribution in [0.25, 0.3) is 0 Å². The molecule has 0 spiro atoms. The lowest BCUT2D eigenvalue weighted by Gasteiger charge is -2.11. The molecule has 3 aromatic rings. The van der Waals surface area contributed by atoms with E-state index in [1.54, 1.807) is 6.21 Å². The summed E-state index contributed by atoms with van der Waals surface area (Å²) in [7, 11) is 0. The summed E-state index contributed by atoms with van der Waals surface area (Å²) in [5.41, 5.74) is 8.16. The van der Waals surface area contributed by atoms with Gasteiger partial charge in [-0.2, -0.15) is 5.10 Å². The predicted octanol–water partition coefficient (Wildman–Crippen LogP) is 5.13. The Morgan fingerprint density at radius 2 is 1.96 bits per heavy atom. The Morgan fingerprint density at radius 3 is 2.78 bits per heavy atom. The molecule has 2 aromatic carbocycles. The van der Waals surface area contributed by atoms with Crippen molar-refractivity contribution in [2.45, 2.75) is 20.4 Å². The molecule has 1 aromatic heterocycles. The molecule has 27 heavy (non-hydrogen) atoms. The smallest absolute Gasteiger partial charge is 0.191 e. The van der Waals surface area contributed by atoms with Crippen molar-refractivity contribution >= 4 is 40.8 Å². The molecule has 138 valence electrons. The third-order valence-corrected chi connectivity index (χ3v) is 4.73. The van der Waals surface area contributed by atoms with E-state index in [1.165, 1.54) is 5.56 Å². The van der Waals surface area contributed by atoms with Gasteiger partial charge in [0.15, 0.2) is 5.11 Å². The average molecular weight is 397 g/mol. The van der Waals surface area contributed by atoms with Crippen LogP contribution in [-0.4, -0.2) is 15.9 Å². The largest absolute Gasteiger partial charge is 0.342 e. The molecule has 3 rings (SSSR count). The van der Waals surface area contributed by atoms with Crippen molar-refractivity contribution in [2.24, 2.45) is 5.10 Å². The van der Waals surface area contributed by atoms with Crippen LogP contribution in [0.15, 0.2) is 65.9 Å². The minimum Gasteiger partial charge on any atom is -0.342 e. The van der Waals surface area contributed by atoms with Crippen molar-refractivity contribution < 1.29 is 0 Å². The van der Waals surface area contributed by atoms with Gasteiger partial charge in [0.1, 0.15) is 0 Å². The highest BCUT2D eigenvalue weighted by Gasteiger charge is 2.04. The lowest BCUT2D eigenvalue weighted by molar-refractivity contribution is 0.799. The van der Waals surface area contributed by atoms with Crippen LogP contribution in [0, 0.1) is 13.8 Å². The Kier molecular flexibility index (Phi) is 6.27. The summed E-state index contributed by atoms with van der Waals surface area (Å²) in [5.74, 6) is 0. The number of hydrogen-bond donors (Lipinski definition) is 2. The number of hydrazone groups is 1. The van der Waals surface area contributed by atoms with Gasteiger partial charge in [-0.1, -0.05) is 41.9 Å². The van der Waals surface area contributed by atoms with E-state index in [4.69, 9.17) is 23.8 Å². The maximum Gasteiger partial charge on any atom is 0.191 e. The molecule has 0 unspecified atom stereocenters. The van der Waals surface area contributed by atoms with Crippen LogP contribution in [0.4, 0.5) is 5.69 Å². The third-order valence-electron chi connectivity index (χ3n) is 4.17. The maximum atomic E-state index is 6.26. The van der Waals surface area contributed by atoms with Crippen molar-refractivity contribution in [3.05, 3.63) is 88.2 Å². The van der Waals surface area contributed by atoms with Crippen molar-refractivity contribution in [3.8, 4) is 0 Å². The minimum atomic E-state index is 0.448. The number of nitrogens with one attached hydrogen (secondary N) is 2. The lowest BCUT2D eigenvalue weighted by atomic mass is 10.1. The summed E-state index contributed by atoms with van der Waals surface area (Å²) in [6, 6.07) is 18.0. The Labute approximate surface area is 169 Å². The molecule has 2 N–H and O–H groups in total. The fraction of sp³-hybridized carbons (Fsp3) is 0.143. The summed E-state index contributed by atoms with van der Waals surface area (Å²) in [6.07, 6.45) is 3.74. The van der Waals surface area contributed by atoms with E-state index in [-0.39, 0.29) is 0 Å². The molecule has 0 bridgehead atoms. The van der Waals surface area contributed by atoms with E-state index < -0.39 is 0 Å². The fourth-order valence-corrected chi connectivity index (χ4v) is 3.03. The normalized spacial score (nSPS) is 10.9. The number of anilines is 1. The average Bonchev–Trinajstić information content (AvgIpc) is 3.07. The van der Waals surface area contributed by atoms with Gasteiger partial charge in [-0.25, -0.2) is 0 Å². The Balaban J connectivity index is 1.62. The first kappa shape index (κ1) is 19.1. The van der Waals surface area contributed by atoms with Gasteiger partial charge in [0, 0.05) is 23.5 Å². The number of halogens is 1. The van der Waals surface area contributed by atoms with Gasteiger partial charge in [0.05, 0.1) is 11.9 Å². The summed E-state index contributed by atoms with van der Waals surface area (Å²) in [4.78, 5) is 0. The zero-order valence-electron chi connectivity index (χ0n) is 15.2. The topological polar surface area (TPSA) is 41.4 Å². The molecule has 6 heteroatoms. The van der Waals surface area contributed by atoms with Gasteiger partial charge in [0.2, 0.25) is 0 Å². The molecule has 0 radical (unpaired) electrons. The predicted molar refractivity (Wildman–Crippen MR) is 118 cm³/mol. The molecular weight excluding hydrogens is 376 g/mol. The molecule has 0 aliphatic rings. The molecule has 0 aliphatic heterocycles. The molecule has 1 heterocycles. The van der Waals surface area contributed by atoms with Crippen molar-refractivity contribution in [1.29, 1.82) is 0 Å². The maximum absolute atomic E-state index is 6.26. The van der Waals surface area contributed by atoms with Crippen molar-refractivity contribution in [2.75, 3.05) is 5.32 Å². The first-order chi connectivity index (χ1) is 13.0. The number of nitrogens with zero attached hydrogens (tertiary/aromatic N) is 2. The van der Waals surface area contributed by atoms with Gasteiger partial charge >= 0.3 is 0 Å². The van der Waals surface area contributed by atoms with Crippen molar-refractivity contribution in [3.63, 3.8) is 0 Å². The molecule has 0 aliphatic carbocycles. The van der Waals surface area contributed by atoms with Gasteiger partial charge < -0.3 is 9.88 Å². The van der Waals surface area contributed by atoms with E-state index in [2.05, 4.69) is 38.6 Å². The van der Waals surface area contributed by atoms with Crippen LogP contribution in [0.3, 0.4) is 0 Å². The highest BCUT2D eigenvalue weighted by Crippen LogP contribution is 2.17. The van der Waals surface area contributed by atoms with E-state index >= 15 is 0 Å². The fourth-order valence-electron chi connectivity index (χ4n) is 2.68. The molecule has 4 nitrogen and oxygen atoms in total. The highest BCUT2D eigenvalue weighted by molar-refractivity contribution is 7.80. The van der Waals surface area contributed by atoms with Crippen LogP contribution in [0.5, 0.6) is 0 Å². The number of rotatable bonds is 5. The van der Waals surface area contributed by atoms with Gasteiger partial charge in [-0.15, -0.1) is 0 Å². The van der Waals surface area contributed by atoms with Crippen LogP contribution in [-0.2, 0) is 6.54 Å². The summed E-state index contributed by atoms with van der Waals surface area (Å²) < 4.78 is 2.08. The van der Waals surface area contributed by atoms with Crippen LogP contribution < -0.4 is 10.7 Å². The first-order valence-electron chi connectivity index (χ1n) is 8.59. The second kappa shape index (κ2) is 8.84.